The van der Waals surface area contributed by atoms with Crippen LogP contribution in [0.15, 0.2) is 18.2 Å². The van der Waals surface area contributed by atoms with Crippen LogP contribution in [0.2, 0.25) is 0 Å². The van der Waals surface area contributed by atoms with Crippen molar-refractivity contribution in [1.82, 2.24) is 4.90 Å². The fourth-order valence-electron chi connectivity index (χ4n) is 2.15. The van der Waals surface area contributed by atoms with E-state index in [-0.39, 0.29) is 18.5 Å². The summed E-state index contributed by atoms with van der Waals surface area (Å²) < 4.78 is 27.2. The van der Waals surface area contributed by atoms with Crippen molar-refractivity contribution in [1.29, 1.82) is 0 Å². The third-order valence-electron chi connectivity index (χ3n) is 3.32. The molecule has 1 saturated carbocycles. The van der Waals surface area contributed by atoms with E-state index >= 15 is 0 Å². The van der Waals surface area contributed by atoms with Crippen molar-refractivity contribution in [2.75, 3.05) is 6.54 Å². The summed E-state index contributed by atoms with van der Waals surface area (Å²) in [4.78, 5) is 12.5. The lowest BCUT2D eigenvalue weighted by atomic mass is 10.1. The van der Waals surface area contributed by atoms with E-state index in [4.69, 9.17) is 5.11 Å². The van der Waals surface area contributed by atoms with E-state index in [0.717, 1.165) is 12.8 Å². The van der Waals surface area contributed by atoms with Crippen LogP contribution >= 0.6 is 0 Å². The number of hydrogen-bond donors (Lipinski definition) is 1. The van der Waals surface area contributed by atoms with Crippen molar-refractivity contribution in [3.63, 3.8) is 0 Å². The molecule has 0 aliphatic heterocycles. The van der Waals surface area contributed by atoms with Crippen LogP contribution in [0.3, 0.4) is 0 Å². The van der Waals surface area contributed by atoms with Crippen molar-refractivity contribution in [3.8, 4) is 0 Å². The molecule has 0 heterocycles. The normalized spacial score (nSPS) is 14.9. The van der Waals surface area contributed by atoms with Gasteiger partial charge in [0.25, 0.3) is 0 Å². The first-order chi connectivity index (χ1) is 9.08. The van der Waals surface area contributed by atoms with Crippen molar-refractivity contribution in [3.05, 3.63) is 35.4 Å². The molecule has 19 heavy (non-hydrogen) atoms. The predicted molar refractivity (Wildman–Crippen MR) is 66.7 cm³/mol. The number of carbonyl (C=O) groups is 1. The van der Waals surface area contributed by atoms with Crippen LogP contribution in [0.1, 0.15) is 31.2 Å². The zero-order valence-electron chi connectivity index (χ0n) is 10.6. The molecule has 1 aliphatic rings. The number of carboxylic acid groups (broad SMARTS) is 1. The van der Waals surface area contributed by atoms with E-state index in [0.29, 0.717) is 19.0 Å². The van der Waals surface area contributed by atoms with E-state index in [9.17, 15) is 13.6 Å². The Morgan fingerprint density at radius 2 is 1.95 bits per heavy atom. The lowest BCUT2D eigenvalue weighted by Crippen LogP contribution is -2.28. The zero-order valence-corrected chi connectivity index (χ0v) is 10.6. The van der Waals surface area contributed by atoms with Gasteiger partial charge in [-0.05, 0) is 37.9 Å². The molecule has 0 spiro atoms. The van der Waals surface area contributed by atoms with Crippen LogP contribution in [-0.4, -0.2) is 28.6 Å². The molecule has 0 unspecified atom stereocenters. The maximum Gasteiger partial charge on any atom is 0.303 e. The third-order valence-corrected chi connectivity index (χ3v) is 3.32. The Kier molecular flexibility index (Phi) is 4.47. The molecule has 0 atom stereocenters. The van der Waals surface area contributed by atoms with Crippen LogP contribution in [-0.2, 0) is 11.3 Å². The van der Waals surface area contributed by atoms with Crippen LogP contribution < -0.4 is 0 Å². The van der Waals surface area contributed by atoms with Gasteiger partial charge in [-0.25, -0.2) is 8.78 Å². The van der Waals surface area contributed by atoms with E-state index in [2.05, 4.69) is 0 Å². The number of aliphatic carboxylic acids is 1. The van der Waals surface area contributed by atoms with E-state index < -0.39 is 17.6 Å². The summed E-state index contributed by atoms with van der Waals surface area (Å²) in [5, 5.41) is 8.62. The first-order valence-electron chi connectivity index (χ1n) is 6.46. The second-order valence-electron chi connectivity index (χ2n) is 4.90. The summed E-state index contributed by atoms with van der Waals surface area (Å²) in [6.45, 7) is 0.771. The molecule has 3 nitrogen and oxygen atoms in total. The van der Waals surface area contributed by atoms with Crippen molar-refractivity contribution in [2.24, 2.45) is 0 Å². The van der Waals surface area contributed by atoms with Gasteiger partial charge in [0.15, 0.2) is 0 Å². The highest BCUT2D eigenvalue weighted by Crippen LogP contribution is 2.29. The fourth-order valence-corrected chi connectivity index (χ4v) is 2.15. The van der Waals surface area contributed by atoms with Gasteiger partial charge in [0, 0.05) is 24.6 Å². The Morgan fingerprint density at radius 3 is 2.47 bits per heavy atom. The molecule has 0 saturated heterocycles. The molecule has 1 aromatic carbocycles. The van der Waals surface area contributed by atoms with Crippen LogP contribution in [0, 0.1) is 11.6 Å². The van der Waals surface area contributed by atoms with E-state index in [1.165, 1.54) is 18.2 Å². The summed E-state index contributed by atoms with van der Waals surface area (Å²) in [6.07, 6.45) is 2.62. The Bertz CT molecular complexity index is 441. The topological polar surface area (TPSA) is 40.5 Å². The Morgan fingerprint density at radius 1 is 1.32 bits per heavy atom. The number of rotatable bonds is 7. The molecule has 104 valence electrons. The molecule has 0 bridgehead atoms. The van der Waals surface area contributed by atoms with Gasteiger partial charge in [-0.1, -0.05) is 6.07 Å². The van der Waals surface area contributed by atoms with Crippen molar-refractivity contribution < 1.29 is 18.7 Å². The minimum absolute atomic E-state index is 0.0738. The lowest BCUT2D eigenvalue weighted by molar-refractivity contribution is -0.137. The predicted octanol–water partition coefficient (Wildman–Crippen LogP) is 2.79. The second-order valence-corrected chi connectivity index (χ2v) is 4.90. The average molecular weight is 269 g/mol. The van der Waals surface area contributed by atoms with Crippen LogP contribution in [0.25, 0.3) is 0 Å². The molecule has 1 fully saturated rings. The first kappa shape index (κ1) is 13.9. The number of halogens is 2. The van der Waals surface area contributed by atoms with Gasteiger partial charge in [-0.3, -0.25) is 9.69 Å². The number of carboxylic acids is 1. The fraction of sp³-hybridized carbons (Fsp3) is 0.500. The summed E-state index contributed by atoms with van der Waals surface area (Å²) in [5.41, 5.74) is 0.0738. The maximum atomic E-state index is 13.6. The lowest BCUT2D eigenvalue weighted by Gasteiger charge is -2.22. The van der Waals surface area contributed by atoms with Crippen molar-refractivity contribution in [2.45, 2.75) is 38.3 Å². The molecule has 0 radical (unpaired) electrons. The maximum absolute atomic E-state index is 13.6. The van der Waals surface area contributed by atoms with E-state index in [1.54, 1.807) is 0 Å². The van der Waals surface area contributed by atoms with Gasteiger partial charge < -0.3 is 5.11 Å². The molecule has 0 amide bonds. The minimum Gasteiger partial charge on any atom is -0.481 e. The summed E-state index contributed by atoms with van der Waals surface area (Å²) >= 11 is 0. The number of nitrogens with zero attached hydrogens (tertiary/aromatic N) is 1. The van der Waals surface area contributed by atoms with Crippen LogP contribution in [0.4, 0.5) is 8.78 Å². The largest absolute Gasteiger partial charge is 0.481 e. The van der Waals surface area contributed by atoms with Gasteiger partial charge in [0.2, 0.25) is 0 Å². The molecule has 0 aromatic heterocycles. The third kappa shape index (κ3) is 3.99. The molecule has 2 rings (SSSR count). The smallest absolute Gasteiger partial charge is 0.303 e. The summed E-state index contributed by atoms with van der Waals surface area (Å²) in [7, 11) is 0. The molecule has 5 heteroatoms. The van der Waals surface area contributed by atoms with Gasteiger partial charge in [0.05, 0.1) is 0 Å². The van der Waals surface area contributed by atoms with Gasteiger partial charge in [-0.15, -0.1) is 0 Å². The van der Waals surface area contributed by atoms with E-state index in [1.807, 2.05) is 4.90 Å². The summed E-state index contributed by atoms with van der Waals surface area (Å²) in [5.74, 6) is -1.92. The average Bonchev–Trinajstić information content (AvgIpc) is 3.15. The Balaban J connectivity index is 1.98. The van der Waals surface area contributed by atoms with Gasteiger partial charge in [-0.2, -0.15) is 0 Å². The molecule has 1 N–H and O–H groups in total. The highest BCUT2D eigenvalue weighted by atomic mass is 19.1. The molecule has 1 aromatic rings. The minimum atomic E-state index is -0.840. The first-order valence-corrected chi connectivity index (χ1v) is 6.46. The van der Waals surface area contributed by atoms with Gasteiger partial charge in [0.1, 0.15) is 11.6 Å². The molecular formula is C14H17F2NO2. The monoisotopic (exact) mass is 269 g/mol. The number of benzene rings is 1. The Hall–Kier alpha value is -1.49. The highest BCUT2D eigenvalue weighted by molar-refractivity contribution is 5.66. The van der Waals surface area contributed by atoms with Crippen molar-refractivity contribution >= 4 is 5.97 Å². The Labute approximate surface area is 110 Å². The highest BCUT2D eigenvalue weighted by Gasteiger charge is 2.29. The molecular weight excluding hydrogens is 252 g/mol. The number of hydrogen-bond acceptors (Lipinski definition) is 2. The second kappa shape index (κ2) is 6.10. The quantitative estimate of drug-likeness (QED) is 0.827. The molecule has 1 aliphatic carbocycles. The summed E-state index contributed by atoms with van der Waals surface area (Å²) in [6, 6.07) is 4.19. The standard InChI is InChI=1S/C14H17F2NO2/c15-12-3-1-4-13(16)11(12)9-17(10-6-7-10)8-2-5-14(18)19/h1,3-4,10H,2,5-9H2,(H,18,19). The van der Waals surface area contributed by atoms with Crippen LogP contribution in [0.5, 0.6) is 0 Å². The SMILES string of the molecule is O=C(O)CCCN(Cc1c(F)cccc1F)C1CC1. The zero-order chi connectivity index (χ0) is 13.8. The van der Waals surface area contributed by atoms with Gasteiger partial charge >= 0.3 is 5.97 Å².